The molecule has 0 aliphatic rings. The van der Waals surface area contributed by atoms with Gasteiger partial charge in [-0.1, -0.05) is 13.8 Å². The summed E-state index contributed by atoms with van der Waals surface area (Å²) in [5.41, 5.74) is 5.78. The molecule has 0 heterocycles. The van der Waals surface area contributed by atoms with E-state index in [2.05, 4.69) is 35.1 Å². The summed E-state index contributed by atoms with van der Waals surface area (Å²) >= 11 is 3.16. The minimum atomic E-state index is -0.529. The van der Waals surface area contributed by atoms with Gasteiger partial charge in [0, 0.05) is 11.0 Å². The summed E-state index contributed by atoms with van der Waals surface area (Å²) in [7, 11) is 0. The number of carbonyl (C=O) groups excluding carboxylic acids is 1. The molecule has 0 aliphatic carbocycles. The molecule has 1 aromatic rings. The lowest BCUT2D eigenvalue weighted by Crippen LogP contribution is -2.25. The Morgan fingerprint density at radius 1 is 1.50 bits per heavy atom. The molecule has 0 saturated carbocycles. The van der Waals surface area contributed by atoms with Gasteiger partial charge < -0.3 is 11.1 Å². The summed E-state index contributed by atoms with van der Waals surface area (Å²) in [5.74, 6) is -0.148. The second-order valence-electron chi connectivity index (χ2n) is 4.65. The summed E-state index contributed by atoms with van der Waals surface area (Å²) in [5, 5.41) is 2.79. The van der Waals surface area contributed by atoms with Crippen molar-refractivity contribution in [2.75, 3.05) is 12.3 Å². The lowest BCUT2D eigenvalue weighted by Gasteiger charge is -2.09. The first kappa shape index (κ1) is 15.0. The van der Waals surface area contributed by atoms with Gasteiger partial charge in [-0.15, -0.1) is 0 Å². The number of amides is 1. The lowest BCUT2D eigenvalue weighted by atomic mass is 10.1. The third-order valence-corrected chi connectivity index (χ3v) is 3.23. The molecule has 18 heavy (non-hydrogen) atoms. The van der Waals surface area contributed by atoms with Gasteiger partial charge in [-0.2, -0.15) is 0 Å². The van der Waals surface area contributed by atoms with Crippen molar-refractivity contribution in [3.8, 4) is 0 Å². The number of halogens is 2. The summed E-state index contributed by atoms with van der Waals surface area (Å²) in [6, 6.07) is 2.55. The van der Waals surface area contributed by atoms with Gasteiger partial charge in [-0.25, -0.2) is 4.39 Å². The molecule has 1 rings (SSSR count). The van der Waals surface area contributed by atoms with Gasteiger partial charge in [0.2, 0.25) is 0 Å². The Morgan fingerprint density at radius 3 is 2.78 bits per heavy atom. The van der Waals surface area contributed by atoms with Crippen molar-refractivity contribution in [3.63, 3.8) is 0 Å². The van der Waals surface area contributed by atoms with Crippen LogP contribution in [0.15, 0.2) is 16.6 Å². The zero-order chi connectivity index (χ0) is 13.7. The van der Waals surface area contributed by atoms with E-state index in [0.717, 1.165) is 12.8 Å². The number of carbonyl (C=O) groups is 1. The highest BCUT2D eigenvalue weighted by Gasteiger charge is 2.12. The first-order valence-electron chi connectivity index (χ1n) is 5.94. The van der Waals surface area contributed by atoms with Crippen molar-refractivity contribution in [3.05, 3.63) is 28.0 Å². The Hall–Kier alpha value is -1.10. The molecule has 0 aliphatic heterocycles. The number of rotatable bonds is 5. The number of nitrogens with two attached hydrogens (primary N) is 1. The first-order valence-corrected chi connectivity index (χ1v) is 6.73. The van der Waals surface area contributed by atoms with Gasteiger partial charge in [0.05, 0.1) is 11.3 Å². The fourth-order valence-electron chi connectivity index (χ4n) is 1.55. The van der Waals surface area contributed by atoms with Crippen LogP contribution in [0.2, 0.25) is 0 Å². The van der Waals surface area contributed by atoms with Crippen LogP contribution < -0.4 is 11.1 Å². The Kier molecular flexibility index (Phi) is 5.59. The normalized spacial score (nSPS) is 10.7. The Labute approximate surface area is 115 Å². The molecule has 3 nitrogen and oxygen atoms in total. The number of nitrogen functional groups attached to an aromatic ring is 1. The van der Waals surface area contributed by atoms with Gasteiger partial charge in [0.1, 0.15) is 5.82 Å². The van der Waals surface area contributed by atoms with E-state index in [9.17, 15) is 9.18 Å². The van der Waals surface area contributed by atoms with Crippen molar-refractivity contribution in [1.82, 2.24) is 5.32 Å². The SMILES string of the molecule is CC(C)CCCNC(=O)c1cc(N)c(F)cc1Br. The predicted octanol–water partition coefficient (Wildman–Crippen LogP) is 3.34. The molecular formula is C13H18BrFN2O. The van der Waals surface area contributed by atoms with E-state index in [1.165, 1.54) is 12.1 Å². The largest absolute Gasteiger partial charge is 0.396 e. The molecule has 0 spiro atoms. The number of benzene rings is 1. The summed E-state index contributed by atoms with van der Waals surface area (Å²) in [4.78, 5) is 11.9. The molecule has 0 fully saturated rings. The van der Waals surface area contributed by atoms with Crippen LogP contribution in [0.5, 0.6) is 0 Å². The maximum Gasteiger partial charge on any atom is 0.252 e. The molecule has 100 valence electrons. The molecule has 0 bridgehead atoms. The number of hydrogen-bond donors (Lipinski definition) is 2. The van der Waals surface area contributed by atoms with Crippen LogP contribution in [-0.4, -0.2) is 12.5 Å². The predicted molar refractivity (Wildman–Crippen MR) is 74.9 cm³/mol. The van der Waals surface area contributed by atoms with Gasteiger partial charge in [0.15, 0.2) is 0 Å². The minimum absolute atomic E-state index is 0.0227. The third kappa shape index (κ3) is 4.29. The smallest absolute Gasteiger partial charge is 0.252 e. The molecule has 0 aromatic heterocycles. The molecular weight excluding hydrogens is 299 g/mol. The van der Waals surface area contributed by atoms with Crippen molar-refractivity contribution in [2.24, 2.45) is 5.92 Å². The molecule has 0 saturated heterocycles. The Morgan fingerprint density at radius 2 is 2.17 bits per heavy atom. The van der Waals surface area contributed by atoms with Gasteiger partial charge >= 0.3 is 0 Å². The van der Waals surface area contributed by atoms with Crippen LogP contribution in [0.25, 0.3) is 0 Å². The molecule has 5 heteroatoms. The molecule has 0 atom stereocenters. The van der Waals surface area contributed by atoms with E-state index in [-0.39, 0.29) is 11.6 Å². The lowest BCUT2D eigenvalue weighted by molar-refractivity contribution is 0.0952. The third-order valence-electron chi connectivity index (χ3n) is 2.57. The first-order chi connectivity index (χ1) is 8.41. The summed E-state index contributed by atoms with van der Waals surface area (Å²) in [6.07, 6.45) is 1.99. The number of anilines is 1. The summed E-state index contributed by atoms with van der Waals surface area (Å²) in [6.45, 7) is 4.89. The molecule has 1 aromatic carbocycles. The van der Waals surface area contributed by atoms with Crippen LogP contribution in [0.3, 0.4) is 0 Å². The Bertz CT molecular complexity index is 435. The van der Waals surface area contributed by atoms with Gasteiger partial charge in [0.25, 0.3) is 5.91 Å². The maximum atomic E-state index is 13.1. The quantitative estimate of drug-likeness (QED) is 0.646. The van der Waals surface area contributed by atoms with Crippen molar-refractivity contribution in [2.45, 2.75) is 26.7 Å². The average Bonchev–Trinajstić information content (AvgIpc) is 2.28. The van der Waals surface area contributed by atoms with Crippen LogP contribution in [0.4, 0.5) is 10.1 Å². The van der Waals surface area contributed by atoms with Gasteiger partial charge in [-0.05, 0) is 46.8 Å². The zero-order valence-electron chi connectivity index (χ0n) is 10.6. The van der Waals surface area contributed by atoms with Crippen LogP contribution in [0.1, 0.15) is 37.0 Å². The van der Waals surface area contributed by atoms with E-state index in [4.69, 9.17) is 5.73 Å². The number of nitrogens with one attached hydrogen (secondary N) is 1. The monoisotopic (exact) mass is 316 g/mol. The van der Waals surface area contributed by atoms with Crippen molar-refractivity contribution in [1.29, 1.82) is 0 Å². The fourth-order valence-corrected chi connectivity index (χ4v) is 2.04. The van der Waals surface area contributed by atoms with Crippen LogP contribution in [0, 0.1) is 11.7 Å². The van der Waals surface area contributed by atoms with E-state index in [0.29, 0.717) is 22.5 Å². The minimum Gasteiger partial charge on any atom is -0.396 e. The second-order valence-corrected chi connectivity index (χ2v) is 5.50. The van der Waals surface area contributed by atoms with E-state index >= 15 is 0 Å². The highest BCUT2D eigenvalue weighted by Crippen LogP contribution is 2.22. The van der Waals surface area contributed by atoms with Crippen molar-refractivity contribution < 1.29 is 9.18 Å². The highest BCUT2D eigenvalue weighted by molar-refractivity contribution is 9.10. The molecule has 3 N–H and O–H groups in total. The second kappa shape index (κ2) is 6.73. The average molecular weight is 317 g/mol. The standard InChI is InChI=1S/C13H18BrFN2O/c1-8(2)4-3-5-17-13(18)9-6-12(16)11(15)7-10(9)14/h6-8H,3-5,16H2,1-2H3,(H,17,18). The fraction of sp³-hybridized carbons (Fsp3) is 0.462. The Balaban J connectivity index is 2.59. The van der Waals surface area contributed by atoms with Crippen LogP contribution in [-0.2, 0) is 0 Å². The summed E-state index contributed by atoms with van der Waals surface area (Å²) < 4.78 is 13.5. The maximum absolute atomic E-state index is 13.1. The van der Waals surface area contributed by atoms with Crippen LogP contribution >= 0.6 is 15.9 Å². The van der Waals surface area contributed by atoms with E-state index in [1.807, 2.05) is 0 Å². The molecule has 0 unspecified atom stereocenters. The van der Waals surface area contributed by atoms with E-state index < -0.39 is 5.82 Å². The molecule has 1 amide bonds. The topological polar surface area (TPSA) is 55.1 Å². The highest BCUT2D eigenvalue weighted by atomic mass is 79.9. The zero-order valence-corrected chi connectivity index (χ0v) is 12.2. The molecule has 0 radical (unpaired) electrons. The van der Waals surface area contributed by atoms with E-state index in [1.54, 1.807) is 0 Å². The number of hydrogen-bond acceptors (Lipinski definition) is 2. The van der Waals surface area contributed by atoms with Crippen molar-refractivity contribution >= 4 is 27.5 Å². The van der Waals surface area contributed by atoms with Gasteiger partial charge in [-0.3, -0.25) is 4.79 Å².